The van der Waals surface area contributed by atoms with Crippen LogP contribution in [0.5, 0.6) is 0 Å². The lowest BCUT2D eigenvalue weighted by Gasteiger charge is -2.47. The van der Waals surface area contributed by atoms with Gasteiger partial charge in [0, 0.05) is 23.2 Å². The van der Waals surface area contributed by atoms with Crippen LogP contribution < -0.4 is 4.90 Å². The molecule has 2 rings (SSSR count). The maximum absolute atomic E-state index is 11.0. The highest BCUT2D eigenvalue weighted by Gasteiger charge is 2.35. The van der Waals surface area contributed by atoms with Crippen molar-refractivity contribution < 1.29 is 9.90 Å². The molecule has 0 aromatic heterocycles. The highest BCUT2D eigenvalue weighted by atomic mass is 79.9. The van der Waals surface area contributed by atoms with Gasteiger partial charge in [-0.15, -0.1) is 0 Å². The van der Waals surface area contributed by atoms with Crippen molar-refractivity contribution in [3.8, 4) is 0 Å². The summed E-state index contributed by atoms with van der Waals surface area (Å²) in [5.74, 6) is -0.213. The second-order valence-corrected chi connectivity index (χ2v) is 6.89. The Labute approximate surface area is 116 Å². The van der Waals surface area contributed by atoms with E-state index in [-0.39, 0.29) is 0 Å². The zero-order valence-corrected chi connectivity index (χ0v) is 12.5. The van der Waals surface area contributed by atoms with Crippen LogP contribution in [0.1, 0.15) is 31.1 Å². The lowest BCUT2D eigenvalue weighted by atomic mass is 9.76. The normalized spacial score (nSPS) is 16.6. The van der Waals surface area contributed by atoms with E-state index in [2.05, 4.69) is 41.6 Å². The average Bonchev–Trinajstić information content (AvgIpc) is 2.11. The Hall–Kier alpha value is -1.03. The van der Waals surface area contributed by atoms with Crippen molar-refractivity contribution in [3.63, 3.8) is 0 Å². The first-order valence-electron chi connectivity index (χ1n) is 6.06. The van der Waals surface area contributed by atoms with Crippen molar-refractivity contribution in [1.29, 1.82) is 0 Å². The van der Waals surface area contributed by atoms with Crippen molar-refractivity contribution in [2.45, 2.75) is 20.8 Å². The Morgan fingerprint density at radius 2 is 1.94 bits per heavy atom. The third-order valence-electron chi connectivity index (χ3n) is 3.60. The topological polar surface area (TPSA) is 40.5 Å². The van der Waals surface area contributed by atoms with Crippen LogP contribution in [-0.2, 0) is 0 Å². The van der Waals surface area contributed by atoms with E-state index in [0.29, 0.717) is 16.9 Å². The Balaban J connectivity index is 2.15. The van der Waals surface area contributed by atoms with Gasteiger partial charge < -0.3 is 10.0 Å². The maximum Gasteiger partial charge on any atom is 0.335 e. The molecule has 0 bridgehead atoms. The van der Waals surface area contributed by atoms with E-state index in [0.717, 1.165) is 23.2 Å². The third-order valence-corrected chi connectivity index (χ3v) is 4.06. The van der Waals surface area contributed by atoms with Gasteiger partial charge in [-0.3, -0.25) is 0 Å². The van der Waals surface area contributed by atoms with Gasteiger partial charge in [-0.25, -0.2) is 4.79 Å². The number of anilines is 1. The van der Waals surface area contributed by atoms with Crippen LogP contribution in [0.25, 0.3) is 0 Å². The SMILES string of the molecule is CC(C)(C)C1CN(c2cc(Br)cc(C(=O)O)c2)C1. The molecule has 1 fully saturated rings. The molecule has 0 amide bonds. The quantitative estimate of drug-likeness (QED) is 0.906. The largest absolute Gasteiger partial charge is 0.478 e. The second kappa shape index (κ2) is 4.57. The number of aromatic carboxylic acids is 1. The smallest absolute Gasteiger partial charge is 0.335 e. The number of carboxylic acid groups (broad SMARTS) is 1. The van der Waals surface area contributed by atoms with Gasteiger partial charge in [0.25, 0.3) is 0 Å². The molecule has 0 unspecified atom stereocenters. The van der Waals surface area contributed by atoms with Crippen molar-refractivity contribution in [2.75, 3.05) is 18.0 Å². The van der Waals surface area contributed by atoms with E-state index < -0.39 is 5.97 Å². The first kappa shape index (κ1) is 13.4. The molecule has 98 valence electrons. The minimum absolute atomic E-state index is 0.318. The number of rotatable bonds is 2. The fourth-order valence-electron chi connectivity index (χ4n) is 2.12. The fraction of sp³-hybridized carbons (Fsp3) is 0.500. The summed E-state index contributed by atoms with van der Waals surface area (Å²) in [6, 6.07) is 5.35. The molecule has 0 radical (unpaired) electrons. The molecule has 0 atom stereocenters. The molecule has 0 spiro atoms. The number of carboxylic acids is 1. The van der Waals surface area contributed by atoms with E-state index in [9.17, 15) is 4.79 Å². The van der Waals surface area contributed by atoms with Gasteiger partial charge in [0.2, 0.25) is 0 Å². The minimum Gasteiger partial charge on any atom is -0.478 e. The van der Waals surface area contributed by atoms with Crippen molar-refractivity contribution >= 4 is 27.6 Å². The van der Waals surface area contributed by atoms with Crippen LogP contribution in [0.3, 0.4) is 0 Å². The highest BCUT2D eigenvalue weighted by molar-refractivity contribution is 9.10. The number of halogens is 1. The lowest BCUT2D eigenvalue weighted by Crippen LogP contribution is -2.52. The number of hydrogen-bond donors (Lipinski definition) is 1. The summed E-state index contributed by atoms with van der Waals surface area (Å²) in [5, 5.41) is 9.05. The summed E-state index contributed by atoms with van der Waals surface area (Å²) in [5.41, 5.74) is 1.64. The van der Waals surface area contributed by atoms with E-state index in [1.807, 2.05) is 6.07 Å². The number of nitrogens with zero attached hydrogens (tertiary/aromatic N) is 1. The highest BCUT2D eigenvalue weighted by Crippen LogP contribution is 2.37. The first-order chi connectivity index (χ1) is 8.27. The molecule has 1 N–H and O–H groups in total. The molecule has 1 saturated heterocycles. The molecule has 0 saturated carbocycles. The number of benzene rings is 1. The summed E-state index contributed by atoms with van der Waals surface area (Å²) < 4.78 is 0.816. The van der Waals surface area contributed by atoms with Gasteiger partial charge in [0.1, 0.15) is 0 Å². The molecular weight excluding hydrogens is 294 g/mol. The van der Waals surface area contributed by atoms with Gasteiger partial charge in [0.05, 0.1) is 5.56 Å². The third kappa shape index (κ3) is 2.69. The van der Waals surface area contributed by atoms with Gasteiger partial charge in [0.15, 0.2) is 0 Å². The lowest BCUT2D eigenvalue weighted by molar-refractivity contribution is 0.0696. The Morgan fingerprint density at radius 3 is 2.44 bits per heavy atom. The molecule has 18 heavy (non-hydrogen) atoms. The van der Waals surface area contributed by atoms with Crippen molar-refractivity contribution in [3.05, 3.63) is 28.2 Å². The Morgan fingerprint density at radius 1 is 1.33 bits per heavy atom. The van der Waals surface area contributed by atoms with E-state index in [1.54, 1.807) is 12.1 Å². The monoisotopic (exact) mass is 311 g/mol. The standard InChI is InChI=1S/C14H18BrNO2/c1-14(2,3)10-7-16(8-10)12-5-9(13(17)18)4-11(15)6-12/h4-6,10H,7-8H2,1-3H3,(H,17,18). The van der Waals surface area contributed by atoms with Crippen LogP contribution in [-0.4, -0.2) is 24.2 Å². The molecule has 3 nitrogen and oxygen atoms in total. The van der Waals surface area contributed by atoms with Crippen LogP contribution in [0.15, 0.2) is 22.7 Å². The predicted molar refractivity (Wildman–Crippen MR) is 76.3 cm³/mol. The summed E-state index contributed by atoms with van der Waals surface area (Å²) >= 11 is 3.37. The molecule has 1 aliphatic heterocycles. The molecule has 0 aliphatic carbocycles. The average molecular weight is 312 g/mol. The maximum atomic E-state index is 11.0. The zero-order chi connectivity index (χ0) is 13.5. The van der Waals surface area contributed by atoms with Gasteiger partial charge in [-0.1, -0.05) is 36.7 Å². The van der Waals surface area contributed by atoms with Crippen LogP contribution >= 0.6 is 15.9 Å². The van der Waals surface area contributed by atoms with E-state index in [4.69, 9.17) is 5.11 Å². The molecular formula is C14H18BrNO2. The van der Waals surface area contributed by atoms with Gasteiger partial charge in [-0.05, 0) is 29.5 Å². The van der Waals surface area contributed by atoms with E-state index >= 15 is 0 Å². The van der Waals surface area contributed by atoms with Crippen LogP contribution in [0, 0.1) is 11.3 Å². The molecule has 1 aromatic rings. The van der Waals surface area contributed by atoms with Gasteiger partial charge in [-0.2, -0.15) is 0 Å². The summed E-state index contributed by atoms with van der Waals surface area (Å²) in [4.78, 5) is 13.2. The second-order valence-electron chi connectivity index (χ2n) is 5.97. The number of carbonyl (C=O) groups is 1. The Kier molecular flexibility index (Phi) is 3.41. The fourth-order valence-corrected chi connectivity index (χ4v) is 2.60. The van der Waals surface area contributed by atoms with Gasteiger partial charge >= 0.3 is 5.97 Å². The molecule has 1 aliphatic rings. The van der Waals surface area contributed by atoms with Crippen molar-refractivity contribution in [1.82, 2.24) is 0 Å². The van der Waals surface area contributed by atoms with Crippen LogP contribution in [0.2, 0.25) is 0 Å². The first-order valence-corrected chi connectivity index (χ1v) is 6.85. The molecule has 4 heteroatoms. The number of hydrogen-bond acceptors (Lipinski definition) is 2. The summed E-state index contributed by atoms with van der Waals surface area (Å²) in [6.45, 7) is 8.74. The summed E-state index contributed by atoms with van der Waals surface area (Å²) in [6.07, 6.45) is 0. The summed E-state index contributed by atoms with van der Waals surface area (Å²) in [7, 11) is 0. The van der Waals surface area contributed by atoms with Crippen molar-refractivity contribution in [2.24, 2.45) is 11.3 Å². The molecule has 1 heterocycles. The van der Waals surface area contributed by atoms with Crippen LogP contribution in [0.4, 0.5) is 5.69 Å². The minimum atomic E-state index is -0.884. The Bertz CT molecular complexity index is 473. The zero-order valence-electron chi connectivity index (χ0n) is 10.9. The van der Waals surface area contributed by atoms with E-state index in [1.165, 1.54) is 0 Å². The predicted octanol–water partition coefficient (Wildman–Crippen LogP) is 3.63. The molecule has 1 aromatic carbocycles.